The smallest absolute Gasteiger partial charge is 0.336 e. The highest BCUT2D eigenvalue weighted by Gasteiger charge is 2.57. The van der Waals surface area contributed by atoms with Crippen molar-refractivity contribution in [3.05, 3.63) is 60.7 Å². The Morgan fingerprint density at radius 2 is 1.09 bits per heavy atom. The van der Waals surface area contributed by atoms with Crippen molar-refractivity contribution in [2.24, 2.45) is 5.41 Å². The highest BCUT2D eigenvalue weighted by Crippen LogP contribution is 2.46. The largest absolute Gasteiger partial charge is 0.425 e. The Balaban J connectivity index is 1.59. The predicted octanol–water partition coefficient (Wildman–Crippen LogP) is -0.0680. The SMILES string of the molecule is O=C(Oc1ccccc1)[C@@H](CO)NC(=O)C1(C(=O)N[C@H](CO)C(=O)Oc2ccccc2)CC1. The van der Waals surface area contributed by atoms with Crippen molar-refractivity contribution in [1.82, 2.24) is 10.6 Å². The second-order valence-corrected chi connectivity index (χ2v) is 7.47. The molecule has 2 atom stereocenters. The maximum atomic E-state index is 12.8. The third-order valence-electron chi connectivity index (χ3n) is 5.09. The van der Waals surface area contributed by atoms with Gasteiger partial charge in [-0.2, -0.15) is 0 Å². The Morgan fingerprint density at radius 1 is 0.727 bits per heavy atom. The van der Waals surface area contributed by atoms with Crippen LogP contribution in [0, 0.1) is 5.41 Å². The van der Waals surface area contributed by atoms with Gasteiger partial charge in [0.1, 0.15) is 16.9 Å². The second-order valence-electron chi connectivity index (χ2n) is 7.47. The quantitative estimate of drug-likeness (QED) is 0.220. The number of para-hydroxylation sites is 2. The number of carbonyl (C=O) groups excluding carboxylic acids is 4. The fourth-order valence-electron chi connectivity index (χ4n) is 2.98. The lowest BCUT2D eigenvalue weighted by atomic mass is 10.0. The topological polar surface area (TPSA) is 151 Å². The van der Waals surface area contributed by atoms with Gasteiger partial charge in [-0.1, -0.05) is 36.4 Å². The molecule has 174 valence electrons. The molecule has 2 aromatic carbocycles. The zero-order valence-corrected chi connectivity index (χ0v) is 17.6. The Labute approximate surface area is 189 Å². The van der Waals surface area contributed by atoms with E-state index in [4.69, 9.17) is 9.47 Å². The summed E-state index contributed by atoms with van der Waals surface area (Å²) in [6.45, 7) is -1.48. The molecule has 0 aliphatic heterocycles. The first-order valence-corrected chi connectivity index (χ1v) is 10.3. The van der Waals surface area contributed by atoms with Gasteiger partial charge in [0.05, 0.1) is 13.2 Å². The third kappa shape index (κ3) is 5.93. The van der Waals surface area contributed by atoms with E-state index in [2.05, 4.69) is 10.6 Å². The molecule has 0 saturated heterocycles. The molecule has 10 heteroatoms. The van der Waals surface area contributed by atoms with Gasteiger partial charge in [-0.25, -0.2) is 9.59 Å². The van der Waals surface area contributed by atoms with Crippen molar-refractivity contribution >= 4 is 23.8 Å². The maximum absolute atomic E-state index is 12.8. The van der Waals surface area contributed by atoms with Crippen molar-refractivity contribution in [2.45, 2.75) is 24.9 Å². The van der Waals surface area contributed by atoms with E-state index < -0.39 is 54.5 Å². The van der Waals surface area contributed by atoms with Crippen LogP contribution in [-0.4, -0.2) is 59.3 Å². The first-order chi connectivity index (χ1) is 15.9. The normalized spacial score (nSPS) is 15.5. The molecule has 10 nitrogen and oxygen atoms in total. The molecular formula is C23H24N2O8. The van der Waals surface area contributed by atoms with Crippen LogP contribution in [0.2, 0.25) is 0 Å². The molecule has 33 heavy (non-hydrogen) atoms. The number of aliphatic hydroxyl groups excluding tert-OH is 2. The van der Waals surface area contributed by atoms with Gasteiger partial charge in [0.2, 0.25) is 11.8 Å². The molecule has 1 fully saturated rings. The average Bonchev–Trinajstić information content (AvgIpc) is 3.64. The van der Waals surface area contributed by atoms with E-state index in [-0.39, 0.29) is 24.3 Å². The van der Waals surface area contributed by atoms with Gasteiger partial charge >= 0.3 is 11.9 Å². The van der Waals surface area contributed by atoms with Crippen molar-refractivity contribution in [3.63, 3.8) is 0 Å². The second kappa shape index (κ2) is 10.7. The van der Waals surface area contributed by atoms with Gasteiger partial charge in [-0.15, -0.1) is 0 Å². The van der Waals surface area contributed by atoms with Crippen molar-refractivity contribution < 1.29 is 38.9 Å². The summed E-state index contributed by atoms with van der Waals surface area (Å²) in [7, 11) is 0. The summed E-state index contributed by atoms with van der Waals surface area (Å²) in [4.78, 5) is 50.1. The minimum atomic E-state index is -1.53. The number of nitrogens with one attached hydrogen (secondary N) is 2. The van der Waals surface area contributed by atoms with Crippen molar-refractivity contribution in [2.75, 3.05) is 13.2 Å². The number of carbonyl (C=O) groups is 4. The van der Waals surface area contributed by atoms with Crippen LogP contribution in [-0.2, 0) is 19.2 Å². The summed E-state index contributed by atoms with van der Waals surface area (Å²) in [6.07, 6.45) is 0.338. The van der Waals surface area contributed by atoms with Gasteiger partial charge < -0.3 is 30.3 Å². The van der Waals surface area contributed by atoms with Gasteiger partial charge in [0.15, 0.2) is 12.1 Å². The van der Waals surface area contributed by atoms with E-state index >= 15 is 0 Å². The summed E-state index contributed by atoms with van der Waals surface area (Å²) in [6, 6.07) is 13.4. The molecule has 0 aromatic heterocycles. The first kappa shape index (κ1) is 23.9. The highest BCUT2D eigenvalue weighted by molar-refractivity contribution is 6.09. The van der Waals surface area contributed by atoms with E-state index in [1.165, 1.54) is 24.3 Å². The molecule has 1 aliphatic carbocycles. The minimum Gasteiger partial charge on any atom is -0.425 e. The highest BCUT2D eigenvalue weighted by atomic mass is 16.5. The van der Waals surface area contributed by atoms with Crippen LogP contribution in [0.25, 0.3) is 0 Å². The van der Waals surface area contributed by atoms with Crippen LogP contribution in [0.3, 0.4) is 0 Å². The molecule has 0 unspecified atom stereocenters. The van der Waals surface area contributed by atoms with Crippen LogP contribution in [0.4, 0.5) is 0 Å². The van der Waals surface area contributed by atoms with Gasteiger partial charge in [0, 0.05) is 0 Å². The van der Waals surface area contributed by atoms with Crippen LogP contribution in [0.5, 0.6) is 11.5 Å². The van der Waals surface area contributed by atoms with E-state index in [9.17, 15) is 29.4 Å². The van der Waals surface area contributed by atoms with Crippen LogP contribution in [0.1, 0.15) is 12.8 Å². The summed E-state index contributed by atoms with van der Waals surface area (Å²) in [5.41, 5.74) is -1.53. The molecule has 2 aromatic rings. The lowest BCUT2D eigenvalue weighted by Crippen LogP contribution is -2.54. The number of rotatable bonds is 10. The Hall–Kier alpha value is -3.76. The van der Waals surface area contributed by atoms with E-state index in [0.29, 0.717) is 0 Å². The van der Waals surface area contributed by atoms with Crippen LogP contribution >= 0.6 is 0 Å². The summed E-state index contributed by atoms with van der Waals surface area (Å²) >= 11 is 0. The number of hydrogen-bond donors (Lipinski definition) is 4. The molecule has 0 bridgehead atoms. The number of aliphatic hydroxyl groups is 2. The van der Waals surface area contributed by atoms with Gasteiger partial charge in [-0.3, -0.25) is 9.59 Å². The van der Waals surface area contributed by atoms with E-state index in [1.807, 2.05) is 0 Å². The minimum absolute atomic E-state index is 0.169. The Bertz CT molecular complexity index is 915. The molecule has 4 N–H and O–H groups in total. The predicted molar refractivity (Wildman–Crippen MR) is 114 cm³/mol. The monoisotopic (exact) mass is 456 g/mol. The number of hydrogen-bond acceptors (Lipinski definition) is 8. The lowest BCUT2D eigenvalue weighted by molar-refractivity contribution is -0.146. The fourth-order valence-corrected chi connectivity index (χ4v) is 2.98. The summed E-state index contributed by atoms with van der Waals surface area (Å²) in [5, 5.41) is 23.7. The van der Waals surface area contributed by atoms with Crippen LogP contribution in [0.15, 0.2) is 60.7 Å². The number of ether oxygens (including phenoxy) is 2. The Morgan fingerprint density at radius 3 is 1.39 bits per heavy atom. The van der Waals surface area contributed by atoms with Crippen molar-refractivity contribution in [1.29, 1.82) is 0 Å². The molecule has 0 spiro atoms. The lowest BCUT2D eigenvalue weighted by Gasteiger charge is -2.22. The molecule has 3 rings (SSSR count). The third-order valence-corrected chi connectivity index (χ3v) is 5.09. The van der Waals surface area contributed by atoms with Gasteiger partial charge in [0.25, 0.3) is 0 Å². The molecule has 1 saturated carbocycles. The van der Waals surface area contributed by atoms with E-state index in [1.54, 1.807) is 36.4 Å². The maximum Gasteiger partial charge on any atom is 0.336 e. The molecule has 0 heterocycles. The standard InChI is InChI=1S/C23H24N2O8/c26-13-17(19(28)32-15-7-3-1-4-8-15)24-21(30)23(11-12-23)22(31)25-18(14-27)20(29)33-16-9-5-2-6-10-16/h1-10,17-18,26-27H,11-14H2,(H,24,30)(H,25,31)/t17-,18-/m1/s1. The number of benzene rings is 2. The van der Waals surface area contributed by atoms with E-state index in [0.717, 1.165) is 0 Å². The zero-order valence-electron chi connectivity index (χ0n) is 17.6. The molecular weight excluding hydrogens is 432 g/mol. The van der Waals surface area contributed by atoms with Crippen molar-refractivity contribution in [3.8, 4) is 11.5 Å². The fraction of sp³-hybridized carbons (Fsp3) is 0.304. The first-order valence-electron chi connectivity index (χ1n) is 10.3. The van der Waals surface area contributed by atoms with Crippen LogP contribution < -0.4 is 20.1 Å². The average molecular weight is 456 g/mol. The molecule has 2 amide bonds. The number of amides is 2. The molecule has 0 radical (unpaired) electrons. The summed E-state index contributed by atoms with van der Waals surface area (Å²) < 4.78 is 10.2. The van der Waals surface area contributed by atoms with Gasteiger partial charge in [-0.05, 0) is 37.1 Å². The summed E-state index contributed by atoms with van der Waals surface area (Å²) in [5.74, 6) is -2.91. The Kier molecular flexibility index (Phi) is 7.75. The zero-order chi connectivity index (χ0) is 23.8. The number of esters is 2. The molecule has 1 aliphatic rings.